The van der Waals surface area contributed by atoms with E-state index in [1.54, 1.807) is 12.1 Å². The van der Waals surface area contributed by atoms with Gasteiger partial charge in [0.25, 0.3) is 0 Å². The predicted molar refractivity (Wildman–Crippen MR) is 114 cm³/mol. The number of rotatable bonds is 6. The third-order valence-electron chi connectivity index (χ3n) is 4.77. The smallest absolute Gasteiger partial charge is 0.338 e. The van der Waals surface area contributed by atoms with Gasteiger partial charge in [-0.3, -0.25) is 4.98 Å². The number of carbonyl (C=O) groups excluding carboxylic acids is 1. The number of esters is 1. The molecule has 3 aromatic rings. The summed E-state index contributed by atoms with van der Waals surface area (Å²) >= 11 is 12.3. The highest BCUT2D eigenvalue weighted by atomic mass is 35.5. The highest BCUT2D eigenvalue weighted by molar-refractivity contribution is 6.39. The molecule has 1 aliphatic heterocycles. The Hall–Kier alpha value is -3.05. The molecule has 12 heteroatoms. The van der Waals surface area contributed by atoms with Gasteiger partial charge in [-0.2, -0.15) is 0 Å². The number of aliphatic hydroxyl groups excluding tert-OH is 2. The number of hydrogen-bond donors (Lipinski definition) is 3. The molecule has 0 spiro atoms. The van der Waals surface area contributed by atoms with Crippen LogP contribution in [-0.4, -0.2) is 53.2 Å². The molecule has 1 aromatic carbocycles. The maximum absolute atomic E-state index is 12.3. The number of nitrogens with zero attached hydrogens (tertiary/aromatic N) is 1. The molecular formula is C20H16Cl2N2O8. The normalized spacial score (nSPS) is 20.3. The van der Waals surface area contributed by atoms with Gasteiger partial charge < -0.3 is 34.2 Å². The number of nitrogens with one attached hydrogen (secondary N) is 1. The Morgan fingerprint density at radius 2 is 1.91 bits per heavy atom. The Kier molecular flexibility index (Phi) is 6.11. The molecule has 3 N–H and O–H groups in total. The fourth-order valence-corrected chi connectivity index (χ4v) is 3.64. The van der Waals surface area contributed by atoms with E-state index in [1.807, 2.05) is 0 Å². The van der Waals surface area contributed by atoms with Gasteiger partial charge in [0.1, 0.15) is 12.7 Å². The van der Waals surface area contributed by atoms with Crippen molar-refractivity contribution in [2.24, 2.45) is 0 Å². The third kappa shape index (κ3) is 4.05. The molecule has 1 fully saturated rings. The molecule has 3 atom stereocenters. The van der Waals surface area contributed by atoms with E-state index in [1.165, 1.54) is 25.6 Å². The first-order valence-electron chi connectivity index (χ1n) is 9.20. The van der Waals surface area contributed by atoms with Gasteiger partial charge in [0, 0.05) is 23.8 Å². The Morgan fingerprint density at radius 1 is 1.19 bits per heavy atom. The van der Waals surface area contributed by atoms with E-state index in [2.05, 4.69) is 10.3 Å². The largest absolute Gasteiger partial charge is 0.493 e. The van der Waals surface area contributed by atoms with Gasteiger partial charge in [-0.1, -0.05) is 23.2 Å². The molecule has 32 heavy (non-hydrogen) atoms. The van der Waals surface area contributed by atoms with Crippen LogP contribution < -0.4 is 20.4 Å². The van der Waals surface area contributed by atoms with Gasteiger partial charge in [-0.15, -0.1) is 0 Å². The van der Waals surface area contributed by atoms with Crippen LogP contribution in [0.15, 0.2) is 39.8 Å². The summed E-state index contributed by atoms with van der Waals surface area (Å²) in [6.07, 6.45) is -1.47. The second-order valence-electron chi connectivity index (χ2n) is 6.78. The first-order chi connectivity index (χ1) is 15.3. The summed E-state index contributed by atoms with van der Waals surface area (Å²) in [5, 5.41) is 23.4. The number of methoxy groups -OCH3 is 1. The number of aromatic nitrogens is 1. The van der Waals surface area contributed by atoms with Crippen LogP contribution in [0.3, 0.4) is 0 Å². The molecular weight excluding hydrogens is 467 g/mol. The van der Waals surface area contributed by atoms with Crippen LogP contribution in [0.2, 0.25) is 10.0 Å². The molecule has 4 rings (SSSR count). The van der Waals surface area contributed by atoms with Crippen molar-refractivity contribution in [2.75, 3.05) is 19.0 Å². The van der Waals surface area contributed by atoms with Crippen LogP contribution in [0.1, 0.15) is 0 Å². The average molecular weight is 483 g/mol. The summed E-state index contributed by atoms with van der Waals surface area (Å²) in [5.41, 5.74) is -0.0211. The van der Waals surface area contributed by atoms with Gasteiger partial charge in [0.05, 0.1) is 28.5 Å². The van der Waals surface area contributed by atoms with Gasteiger partial charge in [0.2, 0.25) is 5.75 Å². The Bertz CT molecular complexity index is 1230. The van der Waals surface area contributed by atoms with Crippen LogP contribution in [0.4, 0.5) is 11.4 Å². The zero-order chi connectivity index (χ0) is 23.0. The van der Waals surface area contributed by atoms with Crippen molar-refractivity contribution in [3.63, 3.8) is 0 Å². The number of benzene rings is 1. The summed E-state index contributed by atoms with van der Waals surface area (Å²) in [4.78, 5) is 27.6. The summed E-state index contributed by atoms with van der Waals surface area (Å²) < 4.78 is 21.3. The molecule has 0 unspecified atom stereocenters. The highest BCUT2D eigenvalue weighted by Gasteiger charge is 2.43. The summed E-state index contributed by atoms with van der Waals surface area (Å²) in [7, 11) is 1.39. The molecule has 168 valence electrons. The maximum atomic E-state index is 12.3. The molecule has 0 saturated carbocycles. The van der Waals surface area contributed by atoms with E-state index in [0.717, 1.165) is 0 Å². The van der Waals surface area contributed by atoms with Crippen molar-refractivity contribution in [1.29, 1.82) is 0 Å². The molecule has 3 heterocycles. The van der Waals surface area contributed by atoms with Crippen LogP contribution in [0.25, 0.3) is 11.0 Å². The molecule has 0 amide bonds. The number of halogens is 2. The van der Waals surface area contributed by atoms with Crippen molar-refractivity contribution in [2.45, 2.75) is 18.3 Å². The predicted octanol–water partition coefficient (Wildman–Crippen LogP) is 2.27. The standard InChI is InChI=1S/C20H16Cl2N2O8/c1-29-12-3-2-8-11(24-15-9(21)5-23-6-10(15)22)4-14(25)32-18(8)19(12)30-7-13-16(26)17(27)20(28)31-13/h2-6,13,16-17,26-27H,7H2,1H3,(H,23,24)/t13-,16-,17-/m0/s1. The third-order valence-corrected chi connectivity index (χ3v) is 5.34. The van der Waals surface area contributed by atoms with E-state index in [4.69, 9.17) is 41.8 Å². The van der Waals surface area contributed by atoms with Crippen LogP contribution in [0.5, 0.6) is 11.5 Å². The number of pyridine rings is 1. The Balaban J connectivity index is 1.75. The number of hydrogen-bond acceptors (Lipinski definition) is 10. The fraction of sp³-hybridized carbons (Fsp3) is 0.250. The number of cyclic esters (lactones) is 1. The van der Waals surface area contributed by atoms with Gasteiger partial charge >= 0.3 is 11.6 Å². The highest BCUT2D eigenvalue weighted by Crippen LogP contribution is 2.40. The van der Waals surface area contributed by atoms with Gasteiger partial charge in [-0.05, 0) is 12.1 Å². The van der Waals surface area contributed by atoms with Crippen molar-refractivity contribution >= 4 is 51.5 Å². The number of aliphatic hydroxyl groups is 2. The topological polar surface area (TPSA) is 140 Å². The van der Waals surface area contributed by atoms with E-state index in [0.29, 0.717) is 16.8 Å². The first kappa shape index (κ1) is 22.2. The second-order valence-corrected chi connectivity index (χ2v) is 7.59. The van der Waals surface area contributed by atoms with Crippen LogP contribution in [0, 0.1) is 0 Å². The van der Waals surface area contributed by atoms with Gasteiger partial charge in [-0.25, -0.2) is 9.59 Å². The van der Waals surface area contributed by atoms with Crippen LogP contribution in [-0.2, 0) is 9.53 Å². The quantitative estimate of drug-likeness (QED) is 0.353. The van der Waals surface area contributed by atoms with E-state index in [9.17, 15) is 19.8 Å². The SMILES string of the molecule is COc1ccc2c(Nc3c(Cl)cncc3Cl)cc(=O)oc2c1OC[C@@H]1OC(=O)[C@@H](O)[C@H]1O. The number of carbonyl (C=O) groups is 1. The van der Waals surface area contributed by atoms with E-state index in [-0.39, 0.29) is 33.7 Å². The number of ether oxygens (including phenoxy) is 3. The molecule has 2 aromatic heterocycles. The second kappa shape index (κ2) is 8.83. The molecule has 1 saturated heterocycles. The molecule has 0 bridgehead atoms. The monoisotopic (exact) mass is 482 g/mol. The van der Waals surface area contributed by atoms with Crippen molar-refractivity contribution in [3.05, 3.63) is 51.1 Å². The lowest BCUT2D eigenvalue weighted by atomic mass is 10.1. The lowest BCUT2D eigenvalue weighted by Gasteiger charge is -2.18. The molecule has 1 aliphatic rings. The summed E-state index contributed by atoms with van der Waals surface area (Å²) in [5.74, 6) is -0.709. The zero-order valence-corrected chi connectivity index (χ0v) is 17.9. The number of fused-ring (bicyclic) bond motifs is 1. The lowest BCUT2D eigenvalue weighted by Crippen LogP contribution is -2.34. The zero-order valence-electron chi connectivity index (χ0n) is 16.4. The molecule has 0 aliphatic carbocycles. The molecule has 0 radical (unpaired) electrons. The fourth-order valence-electron chi connectivity index (χ4n) is 3.18. The van der Waals surface area contributed by atoms with E-state index >= 15 is 0 Å². The lowest BCUT2D eigenvalue weighted by molar-refractivity contribution is -0.148. The number of anilines is 2. The minimum Gasteiger partial charge on any atom is -0.493 e. The molecule has 10 nitrogen and oxygen atoms in total. The van der Waals surface area contributed by atoms with E-state index < -0.39 is 29.9 Å². The van der Waals surface area contributed by atoms with Crippen molar-refractivity contribution in [1.82, 2.24) is 4.98 Å². The minimum atomic E-state index is -1.67. The Morgan fingerprint density at radius 3 is 2.53 bits per heavy atom. The first-order valence-corrected chi connectivity index (χ1v) is 9.96. The minimum absolute atomic E-state index is 0.0278. The summed E-state index contributed by atoms with van der Waals surface area (Å²) in [6, 6.07) is 4.42. The van der Waals surface area contributed by atoms with Crippen LogP contribution >= 0.6 is 23.2 Å². The Labute approximate surface area is 190 Å². The van der Waals surface area contributed by atoms with Crippen molar-refractivity contribution in [3.8, 4) is 11.5 Å². The summed E-state index contributed by atoms with van der Waals surface area (Å²) in [6.45, 7) is -0.331. The van der Waals surface area contributed by atoms with Gasteiger partial charge in [0.15, 0.2) is 23.5 Å². The maximum Gasteiger partial charge on any atom is 0.338 e. The average Bonchev–Trinajstić information content (AvgIpc) is 3.01. The van der Waals surface area contributed by atoms with Crippen molar-refractivity contribution < 1.29 is 33.6 Å².